The van der Waals surface area contributed by atoms with Crippen LogP contribution in [0.1, 0.15) is 18.1 Å². The molecule has 0 aliphatic heterocycles. The third-order valence-corrected chi connectivity index (χ3v) is 3.82. The van der Waals surface area contributed by atoms with Crippen molar-refractivity contribution in [1.29, 1.82) is 0 Å². The zero-order valence-corrected chi connectivity index (χ0v) is 13.1. The van der Waals surface area contributed by atoms with E-state index in [9.17, 15) is 4.39 Å². The second-order valence-electron chi connectivity index (χ2n) is 4.50. The summed E-state index contributed by atoms with van der Waals surface area (Å²) in [5.74, 6) is 0.0652. The first-order chi connectivity index (χ1) is 9.99. The SMILES string of the molecule is CC(Cl)c1nc2cnccc2n1-c1c(Cl)cc(F)cc1Cl. The maximum atomic E-state index is 13.4. The third-order valence-electron chi connectivity index (χ3n) is 3.04. The van der Waals surface area contributed by atoms with Crippen LogP contribution in [0, 0.1) is 5.82 Å². The van der Waals surface area contributed by atoms with Crippen molar-refractivity contribution in [2.24, 2.45) is 0 Å². The lowest BCUT2D eigenvalue weighted by atomic mass is 10.2. The molecular formula is C14H9Cl3FN3. The molecule has 0 N–H and O–H groups in total. The number of benzene rings is 1. The van der Waals surface area contributed by atoms with Gasteiger partial charge in [-0.25, -0.2) is 9.37 Å². The molecule has 7 heteroatoms. The second-order valence-corrected chi connectivity index (χ2v) is 5.97. The molecule has 21 heavy (non-hydrogen) atoms. The number of imidazole rings is 1. The van der Waals surface area contributed by atoms with Crippen molar-refractivity contribution in [3.63, 3.8) is 0 Å². The van der Waals surface area contributed by atoms with E-state index in [4.69, 9.17) is 34.8 Å². The summed E-state index contributed by atoms with van der Waals surface area (Å²) in [5, 5.41) is -0.000978. The van der Waals surface area contributed by atoms with E-state index in [-0.39, 0.29) is 15.4 Å². The van der Waals surface area contributed by atoms with Gasteiger partial charge in [0.15, 0.2) is 0 Å². The van der Waals surface area contributed by atoms with E-state index in [0.717, 1.165) is 5.52 Å². The Bertz CT molecular complexity index is 806. The Morgan fingerprint density at radius 2 is 1.90 bits per heavy atom. The van der Waals surface area contributed by atoms with Crippen LogP contribution in [-0.2, 0) is 0 Å². The highest BCUT2D eigenvalue weighted by Gasteiger charge is 2.20. The van der Waals surface area contributed by atoms with Crippen LogP contribution >= 0.6 is 34.8 Å². The number of nitrogens with zero attached hydrogens (tertiary/aromatic N) is 3. The molecule has 2 heterocycles. The summed E-state index contributed by atoms with van der Waals surface area (Å²) in [7, 11) is 0. The van der Waals surface area contributed by atoms with Gasteiger partial charge < -0.3 is 0 Å². The molecule has 3 aromatic rings. The molecule has 0 radical (unpaired) electrons. The summed E-state index contributed by atoms with van der Waals surface area (Å²) in [5.41, 5.74) is 1.87. The minimum absolute atomic E-state index is 0.190. The molecule has 0 fully saturated rings. The van der Waals surface area contributed by atoms with Crippen molar-refractivity contribution < 1.29 is 4.39 Å². The molecule has 0 spiro atoms. The normalized spacial score (nSPS) is 12.8. The summed E-state index contributed by atoms with van der Waals surface area (Å²) in [6.45, 7) is 1.79. The van der Waals surface area contributed by atoms with Gasteiger partial charge in [-0.3, -0.25) is 9.55 Å². The van der Waals surface area contributed by atoms with Crippen molar-refractivity contribution in [3.8, 4) is 5.69 Å². The van der Waals surface area contributed by atoms with E-state index in [2.05, 4.69) is 9.97 Å². The lowest BCUT2D eigenvalue weighted by Crippen LogP contribution is -2.04. The van der Waals surface area contributed by atoms with Gasteiger partial charge in [-0.2, -0.15) is 0 Å². The molecule has 108 valence electrons. The monoisotopic (exact) mass is 343 g/mol. The zero-order valence-electron chi connectivity index (χ0n) is 10.8. The zero-order chi connectivity index (χ0) is 15.1. The fourth-order valence-electron chi connectivity index (χ4n) is 2.20. The highest BCUT2D eigenvalue weighted by Crippen LogP contribution is 2.35. The van der Waals surface area contributed by atoms with Crippen molar-refractivity contribution in [2.75, 3.05) is 0 Å². The van der Waals surface area contributed by atoms with Gasteiger partial charge in [-0.15, -0.1) is 11.6 Å². The maximum absolute atomic E-state index is 13.4. The molecule has 1 aromatic carbocycles. The number of pyridine rings is 1. The first kappa shape index (κ1) is 14.6. The average molecular weight is 345 g/mol. The van der Waals surface area contributed by atoms with Crippen LogP contribution in [0.3, 0.4) is 0 Å². The van der Waals surface area contributed by atoms with Gasteiger partial charge in [0.2, 0.25) is 0 Å². The first-order valence-corrected chi connectivity index (χ1v) is 7.29. The van der Waals surface area contributed by atoms with Gasteiger partial charge in [0, 0.05) is 6.20 Å². The van der Waals surface area contributed by atoms with Crippen LogP contribution in [-0.4, -0.2) is 14.5 Å². The Hall–Kier alpha value is -1.36. The minimum Gasteiger partial charge on any atom is -0.292 e. The molecule has 0 aliphatic carbocycles. The number of hydrogen-bond donors (Lipinski definition) is 0. The van der Waals surface area contributed by atoms with E-state index in [1.54, 1.807) is 30.0 Å². The summed E-state index contributed by atoms with van der Waals surface area (Å²) in [6, 6.07) is 4.19. The van der Waals surface area contributed by atoms with Crippen molar-refractivity contribution in [3.05, 3.63) is 52.3 Å². The molecule has 0 amide bonds. The molecule has 0 bridgehead atoms. The highest BCUT2D eigenvalue weighted by atomic mass is 35.5. The van der Waals surface area contributed by atoms with E-state index < -0.39 is 5.82 Å². The Morgan fingerprint density at radius 1 is 1.24 bits per heavy atom. The van der Waals surface area contributed by atoms with E-state index in [1.165, 1.54) is 12.1 Å². The Kier molecular flexibility index (Phi) is 3.78. The third kappa shape index (κ3) is 2.48. The smallest absolute Gasteiger partial charge is 0.132 e. The molecule has 3 nitrogen and oxygen atoms in total. The van der Waals surface area contributed by atoms with Gasteiger partial charge in [0.1, 0.15) is 17.2 Å². The van der Waals surface area contributed by atoms with E-state index >= 15 is 0 Å². The van der Waals surface area contributed by atoms with Crippen molar-refractivity contribution in [1.82, 2.24) is 14.5 Å². The number of aromatic nitrogens is 3. The molecule has 2 aromatic heterocycles. The van der Waals surface area contributed by atoms with Gasteiger partial charge >= 0.3 is 0 Å². The van der Waals surface area contributed by atoms with Gasteiger partial charge in [0.25, 0.3) is 0 Å². The quantitative estimate of drug-likeness (QED) is 0.601. The summed E-state index contributed by atoms with van der Waals surface area (Å²) in [4.78, 5) is 8.49. The van der Waals surface area contributed by atoms with Crippen LogP contribution in [0.4, 0.5) is 4.39 Å². The number of halogens is 4. The topological polar surface area (TPSA) is 30.7 Å². The fraction of sp³-hybridized carbons (Fsp3) is 0.143. The Balaban J connectivity index is 2.42. The maximum Gasteiger partial charge on any atom is 0.132 e. The fourth-order valence-corrected chi connectivity index (χ4v) is 2.98. The second kappa shape index (κ2) is 5.44. The van der Waals surface area contributed by atoms with Gasteiger partial charge in [0.05, 0.1) is 32.8 Å². The predicted molar refractivity (Wildman–Crippen MR) is 83.1 cm³/mol. The first-order valence-electron chi connectivity index (χ1n) is 6.10. The van der Waals surface area contributed by atoms with Gasteiger partial charge in [-0.1, -0.05) is 23.2 Å². The lowest BCUT2D eigenvalue weighted by molar-refractivity contribution is 0.627. The molecule has 0 saturated carbocycles. The highest BCUT2D eigenvalue weighted by molar-refractivity contribution is 6.38. The van der Waals surface area contributed by atoms with Crippen LogP contribution in [0.5, 0.6) is 0 Å². The van der Waals surface area contributed by atoms with Crippen LogP contribution < -0.4 is 0 Å². The average Bonchev–Trinajstić information content (AvgIpc) is 2.77. The van der Waals surface area contributed by atoms with Crippen molar-refractivity contribution in [2.45, 2.75) is 12.3 Å². The summed E-state index contributed by atoms with van der Waals surface area (Å²) >= 11 is 18.5. The van der Waals surface area contributed by atoms with Crippen molar-refractivity contribution >= 4 is 45.8 Å². The number of rotatable bonds is 2. The summed E-state index contributed by atoms with van der Waals surface area (Å²) in [6.07, 6.45) is 3.26. The standard InChI is InChI=1S/C14H9Cl3FN3/c1-7(15)14-20-11-6-19-3-2-12(11)21(14)13-9(16)4-8(18)5-10(13)17/h2-7H,1H3. The molecular weight excluding hydrogens is 336 g/mol. The van der Waals surface area contributed by atoms with E-state index in [1.807, 2.05) is 0 Å². The Morgan fingerprint density at radius 3 is 2.52 bits per heavy atom. The van der Waals surface area contributed by atoms with Crippen LogP contribution in [0.15, 0.2) is 30.6 Å². The Labute approximate surface area is 135 Å². The molecule has 3 rings (SSSR count). The molecule has 1 unspecified atom stereocenters. The van der Waals surface area contributed by atoms with Crippen LogP contribution in [0.25, 0.3) is 16.7 Å². The van der Waals surface area contributed by atoms with E-state index in [0.29, 0.717) is 17.0 Å². The molecule has 0 aliphatic rings. The number of hydrogen-bond acceptors (Lipinski definition) is 2. The molecule has 0 saturated heterocycles. The number of fused-ring (bicyclic) bond motifs is 1. The lowest BCUT2D eigenvalue weighted by Gasteiger charge is -2.14. The van der Waals surface area contributed by atoms with Gasteiger partial charge in [-0.05, 0) is 25.1 Å². The molecule has 1 atom stereocenters. The summed E-state index contributed by atoms with van der Waals surface area (Å²) < 4.78 is 15.1. The predicted octanol–water partition coefficient (Wildman–Crippen LogP) is 5.17. The van der Waals surface area contributed by atoms with Crippen LogP contribution in [0.2, 0.25) is 10.0 Å². The largest absolute Gasteiger partial charge is 0.292 e. The minimum atomic E-state index is -0.500. The number of alkyl halides is 1.